The average molecular weight is 322 g/mol. The lowest BCUT2D eigenvalue weighted by atomic mass is 9.96. The van der Waals surface area contributed by atoms with Crippen molar-refractivity contribution in [2.75, 3.05) is 0 Å². The normalized spacial score (nSPS) is 18.5. The third-order valence-electron chi connectivity index (χ3n) is 3.82. The molecule has 1 aromatic heterocycles. The van der Waals surface area contributed by atoms with Crippen molar-refractivity contribution in [2.45, 2.75) is 23.5 Å². The van der Waals surface area contributed by atoms with Gasteiger partial charge in [0.15, 0.2) is 9.84 Å². The summed E-state index contributed by atoms with van der Waals surface area (Å²) in [7, 11) is -3.77. The first-order chi connectivity index (χ1) is 9.76. The second-order valence-electron chi connectivity index (χ2n) is 5.38. The molecular weight excluding hydrogens is 310 g/mol. The monoisotopic (exact) mass is 321 g/mol. The van der Waals surface area contributed by atoms with E-state index in [9.17, 15) is 13.2 Å². The molecule has 1 aromatic carbocycles. The third-order valence-corrected chi connectivity index (χ3v) is 6.54. The molecule has 0 radical (unpaired) electrons. The first-order valence-corrected chi connectivity index (χ1v) is 8.17. The Balaban J connectivity index is 2.51. The van der Waals surface area contributed by atoms with Crippen molar-refractivity contribution < 1.29 is 13.2 Å². The standard InChI is InChI=1S/C15H12ClNO3S/c1-15(2)11-4-3-7-17-13(11)14(18)10-6-5-9(16)8-12(10)21(15,19)20/h3-8H,1-2H3. The van der Waals surface area contributed by atoms with Gasteiger partial charge in [0.05, 0.1) is 9.64 Å². The van der Waals surface area contributed by atoms with Gasteiger partial charge in [0.2, 0.25) is 5.78 Å². The Labute approximate surface area is 127 Å². The zero-order chi connectivity index (χ0) is 15.4. The first kappa shape index (κ1) is 14.2. The zero-order valence-corrected chi connectivity index (χ0v) is 13.0. The summed E-state index contributed by atoms with van der Waals surface area (Å²) < 4.78 is 24.7. The molecule has 0 amide bonds. The van der Waals surface area contributed by atoms with E-state index >= 15 is 0 Å². The Morgan fingerprint density at radius 1 is 1.19 bits per heavy atom. The summed E-state index contributed by atoms with van der Waals surface area (Å²) in [5, 5.41) is 0.278. The quantitative estimate of drug-likeness (QED) is 0.748. The number of hydrogen-bond donors (Lipinski definition) is 0. The van der Waals surface area contributed by atoms with Gasteiger partial charge in [-0.2, -0.15) is 0 Å². The number of halogens is 1. The Hall–Kier alpha value is -1.72. The minimum atomic E-state index is -3.77. The van der Waals surface area contributed by atoms with E-state index in [1.165, 1.54) is 24.4 Å². The average Bonchev–Trinajstić information content (AvgIpc) is 2.49. The Bertz CT molecular complexity index is 872. The second kappa shape index (κ2) is 4.39. The van der Waals surface area contributed by atoms with Gasteiger partial charge in [0.1, 0.15) is 5.69 Å². The van der Waals surface area contributed by atoms with E-state index in [4.69, 9.17) is 11.6 Å². The Morgan fingerprint density at radius 2 is 1.90 bits per heavy atom. The molecule has 0 saturated carbocycles. The topological polar surface area (TPSA) is 64.1 Å². The number of carbonyl (C=O) groups excluding carboxylic acids is 1. The molecule has 2 aromatic rings. The van der Waals surface area contributed by atoms with Gasteiger partial charge in [-0.3, -0.25) is 9.78 Å². The van der Waals surface area contributed by atoms with Crippen LogP contribution < -0.4 is 0 Å². The van der Waals surface area contributed by atoms with Gasteiger partial charge < -0.3 is 0 Å². The number of ketones is 1. The molecule has 0 saturated heterocycles. The van der Waals surface area contributed by atoms with Gasteiger partial charge in [-0.25, -0.2) is 8.42 Å². The summed E-state index contributed by atoms with van der Waals surface area (Å²) in [5.41, 5.74) is 0.694. The molecule has 0 fully saturated rings. The highest BCUT2D eigenvalue weighted by Crippen LogP contribution is 2.41. The van der Waals surface area contributed by atoms with Crippen LogP contribution in [0.1, 0.15) is 35.5 Å². The number of aromatic nitrogens is 1. The molecule has 0 aliphatic carbocycles. The number of rotatable bonds is 0. The van der Waals surface area contributed by atoms with E-state index in [1.807, 2.05) is 0 Å². The molecule has 4 nitrogen and oxygen atoms in total. The first-order valence-electron chi connectivity index (χ1n) is 6.31. The molecule has 6 heteroatoms. The zero-order valence-electron chi connectivity index (χ0n) is 11.4. The second-order valence-corrected chi connectivity index (χ2v) is 8.29. The molecule has 2 heterocycles. The summed E-state index contributed by atoms with van der Waals surface area (Å²) in [5.74, 6) is -0.397. The molecule has 0 N–H and O–H groups in total. The van der Waals surface area contributed by atoms with Crippen LogP contribution in [0, 0.1) is 0 Å². The molecule has 108 valence electrons. The minimum Gasteiger partial charge on any atom is -0.287 e. The van der Waals surface area contributed by atoms with Crippen molar-refractivity contribution >= 4 is 27.2 Å². The van der Waals surface area contributed by atoms with E-state index in [0.717, 1.165) is 0 Å². The number of nitrogens with zero attached hydrogens (tertiary/aromatic N) is 1. The molecule has 1 aliphatic rings. The van der Waals surface area contributed by atoms with Crippen LogP contribution in [-0.2, 0) is 14.6 Å². The predicted molar refractivity (Wildman–Crippen MR) is 79.3 cm³/mol. The van der Waals surface area contributed by atoms with Crippen molar-refractivity contribution in [3.63, 3.8) is 0 Å². The smallest absolute Gasteiger partial charge is 0.212 e. The van der Waals surface area contributed by atoms with Crippen molar-refractivity contribution in [1.82, 2.24) is 4.98 Å². The number of sulfone groups is 1. The van der Waals surface area contributed by atoms with Crippen LogP contribution in [0.15, 0.2) is 41.4 Å². The Morgan fingerprint density at radius 3 is 2.62 bits per heavy atom. The summed E-state index contributed by atoms with van der Waals surface area (Å²) in [4.78, 5) is 16.7. The van der Waals surface area contributed by atoms with Crippen LogP contribution in [-0.4, -0.2) is 19.2 Å². The highest BCUT2D eigenvalue weighted by atomic mass is 35.5. The van der Waals surface area contributed by atoms with E-state index in [2.05, 4.69) is 4.98 Å². The van der Waals surface area contributed by atoms with Gasteiger partial charge in [-0.1, -0.05) is 17.7 Å². The fourth-order valence-electron chi connectivity index (χ4n) is 2.53. The summed E-state index contributed by atoms with van der Waals surface area (Å²) in [6.45, 7) is 3.15. The predicted octanol–water partition coefficient (Wildman–Crippen LogP) is 2.99. The van der Waals surface area contributed by atoms with Crippen molar-refractivity contribution in [2.24, 2.45) is 0 Å². The maximum Gasteiger partial charge on any atom is 0.212 e. The molecule has 0 spiro atoms. The number of fused-ring (bicyclic) bond motifs is 2. The number of hydrogen-bond acceptors (Lipinski definition) is 4. The van der Waals surface area contributed by atoms with Crippen molar-refractivity contribution in [1.29, 1.82) is 0 Å². The largest absolute Gasteiger partial charge is 0.287 e. The lowest BCUT2D eigenvalue weighted by molar-refractivity contribution is 0.103. The molecule has 3 rings (SSSR count). The molecular formula is C15H12ClNO3S. The van der Waals surface area contributed by atoms with E-state index in [1.54, 1.807) is 26.0 Å². The van der Waals surface area contributed by atoms with E-state index in [-0.39, 0.29) is 21.2 Å². The molecule has 1 aliphatic heterocycles. The maximum absolute atomic E-state index is 13.0. The summed E-state index contributed by atoms with van der Waals surface area (Å²) in [6.07, 6.45) is 1.49. The van der Waals surface area contributed by atoms with Gasteiger partial charge in [-0.05, 0) is 38.1 Å². The lowest BCUT2D eigenvalue weighted by Gasteiger charge is -2.24. The van der Waals surface area contributed by atoms with Gasteiger partial charge in [-0.15, -0.1) is 0 Å². The van der Waals surface area contributed by atoms with E-state index in [0.29, 0.717) is 5.56 Å². The molecule has 0 unspecified atom stereocenters. The lowest BCUT2D eigenvalue weighted by Crippen LogP contribution is -2.29. The summed E-state index contributed by atoms with van der Waals surface area (Å²) in [6, 6.07) is 7.54. The molecule has 21 heavy (non-hydrogen) atoms. The van der Waals surface area contributed by atoms with Gasteiger partial charge in [0, 0.05) is 22.3 Å². The summed E-state index contributed by atoms with van der Waals surface area (Å²) >= 11 is 5.92. The highest BCUT2D eigenvalue weighted by molar-refractivity contribution is 7.92. The number of pyridine rings is 1. The fourth-order valence-corrected chi connectivity index (χ4v) is 4.50. The minimum absolute atomic E-state index is 0.0389. The number of carbonyl (C=O) groups is 1. The molecule has 0 atom stereocenters. The van der Waals surface area contributed by atoms with Crippen LogP contribution >= 0.6 is 11.6 Å². The van der Waals surface area contributed by atoms with Crippen LogP contribution in [0.25, 0.3) is 0 Å². The maximum atomic E-state index is 13.0. The van der Waals surface area contributed by atoms with Gasteiger partial charge in [0.25, 0.3) is 0 Å². The van der Waals surface area contributed by atoms with Crippen LogP contribution in [0.5, 0.6) is 0 Å². The van der Waals surface area contributed by atoms with Crippen molar-refractivity contribution in [3.05, 3.63) is 58.4 Å². The highest BCUT2D eigenvalue weighted by Gasteiger charge is 2.45. The number of benzene rings is 1. The van der Waals surface area contributed by atoms with E-state index < -0.39 is 20.4 Å². The van der Waals surface area contributed by atoms with Crippen LogP contribution in [0.4, 0.5) is 0 Å². The molecule has 0 bridgehead atoms. The Kier molecular flexibility index (Phi) is 2.97. The SMILES string of the molecule is CC1(C)c2cccnc2C(=O)c2ccc(Cl)cc2S1(=O)=O. The third kappa shape index (κ3) is 1.84. The van der Waals surface area contributed by atoms with Crippen molar-refractivity contribution in [3.8, 4) is 0 Å². The fraction of sp³-hybridized carbons (Fsp3) is 0.200. The van der Waals surface area contributed by atoms with Crippen LogP contribution in [0.3, 0.4) is 0 Å². The van der Waals surface area contributed by atoms with Crippen LogP contribution in [0.2, 0.25) is 5.02 Å². The van der Waals surface area contributed by atoms with Gasteiger partial charge >= 0.3 is 0 Å².